The summed E-state index contributed by atoms with van der Waals surface area (Å²) in [5.74, 6) is -4.61. The number of esters is 1. The summed E-state index contributed by atoms with van der Waals surface area (Å²) in [7, 11) is 0. The van der Waals surface area contributed by atoms with Crippen LogP contribution in [-0.2, 0) is 127 Å². The lowest BCUT2D eigenvalue weighted by Gasteiger charge is -2.52. The zero-order valence-electron chi connectivity index (χ0n) is 63.3. The van der Waals surface area contributed by atoms with Gasteiger partial charge in [0.25, 0.3) is 17.4 Å². The molecule has 1 unspecified atom stereocenters. The number of nitrogens with zero attached hydrogens (tertiary/aromatic N) is 4. The van der Waals surface area contributed by atoms with Crippen LogP contribution < -0.4 is 37.5 Å². The van der Waals surface area contributed by atoms with E-state index in [1.165, 1.54) is 23.1 Å². The van der Waals surface area contributed by atoms with Crippen LogP contribution in [0.2, 0.25) is 0 Å². The minimum Gasteiger partial charge on any atom is -0.458 e. The van der Waals surface area contributed by atoms with E-state index in [1.54, 1.807) is 54.8 Å². The van der Waals surface area contributed by atoms with Gasteiger partial charge in [-0.1, -0.05) is 37.3 Å². The summed E-state index contributed by atoms with van der Waals surface area (Å²) in [5, 5.41) is 27.9. The van der Waals surface area contributed by atoms with E-state index < -0.39 is 72.6 Å². The number of hydrogen-bond donors (Lipinski definition) is 7. The number of ether oxygens (including phenoxy) is 11. The second-order valence-corrected chi connectivity index (χ2v) is 28.5. The Labute approximate surface area is 643 Å². The molecule has 1 saturated heterocycles. The molecule has 6 aliphatic rings. The van der Waals surface area contributed by atoms with Gasteiger partial charge in [-0.15, -0.1) is 0 Å². The van der Waals surface area contributed by atoms with Gasteiger partial charge in [-0.2, -0.15) is 0 Å². The summed E-state index contributed by atoms with van der Waals surface area (Å²) in [6, 6.07) is 12.7. The molecule has 2 aromatic heterocycles. The molecule has 0 bridgehead atoms. The Morgan fingerprint density at radius 1 is 0.658 bits per heavy atom. The van der Waals surface area contributed by atoms with Crippen LogP contribution >= 0.6 is 0 Å². The van der Waals surface area contributed by atoms with Gasteiger partial charge in [-0.3, -0.25) is 53.0 Å². The molecule has 10 rings (SSSR count). The van der Waals surface area contributed by atoms with Crippen molar-refractivity contribution >= 4 is 64.1 Å². The molecule has 32 nitrogen and oxygen atoms in total. The average Bonchev–Trinajstić information content (AvgIpc) is 1.54. The Balaban J connectivity index is 0.490. The molecule has 1 spiro atoms. The summed E-state index contributed by atoms with van der Waals surface area (Å²) < 4.78 is 77.6. The fraction of sp³-hybridized carbons (Fsp3) is 0.603. The minimum absolute atomic E-state index is 0.00913. The third-order valence-corrected chi connectivity index (χ3v) is 20.9. The number of halogens is 1. The van der Waals surface area contributed by atoms with E-state index in [-0.39, 0.29) is 110 Å². The predicted molar refractivity (Wildman–Crippen MR) is 396 cm³/mol. The number of aryl methyl sites for hydroxylation is 1. The molecule has 4 aliphatic heterocycles. The molecule has 8 amide bonds. The van der Waals surface area contributed by atoms with Crippen LogP contribution in [-0.4, -0.2) is 261 Å². The maximum absolute atomic E-state index is 15.1. The number of aromatic nitrogens is 2. The standard InChI is InChI=1S/C78H105FN10O22/c1-3-78(100)61-39-65-72-59(48-88(65)75(98)60(61)49-110-76(78)99)58(57-37-52(2)62(79)40-63(57)86-72)47-87-18-15-77(16-19-87)41-56(42-77)111-51-84-67(91)44-83-74(97)64(38-53-7-5-4-6-8-53)85-68(92)45-81-66(90)43-82-69(93)50-109-36-35-108-34-33-107-32-31-106-30-29-105-28-27-104-26-25-103-24-23-102-22-21-101-20-17-80-73(96)55-11-9-54(10-12-55)46-89-70(94)13-14-71(89)95/h4-8,13-14,37,39-40,54-56,64,100H,3,9-12,15-36,38,41-51H2,1-2H3,(H,80,96)(H,81,90)(H,82,93)(H,83,97)(H,84,91)(H,85,92)/t54?,55?,64-,78?/m0/s1. The predicted octanol–water partition coefficient (Wildman–Crippen LogP) is 1.44. The largest absolute Gasteiger partial charge is 0.458 e. The molecule has 3 fully saturated rings. The van der Waals surface area contributed by atoms with Crippen molar-refractivity contribution < 1.29 is 105 Å². The Hall–Kier alpha value is -8.58. The Bertz CT molecular complexity index is 3920. The van der Waals surface area contributed by atoms with Crippen molar-refractivity contribution in [1.82, 2.24) is 51.3 Å². The lowest BCUT2D eigenvalue weighted by atomic mass is 9.61. The van der Waals surface area contributed by atoms with Gasteiger partial charge in [0.1, 0.15) is 31.8 Å². The first-order chi connectivity index (χ1) is 53.8. The number of carbonyl (C=O) groups excluding carboxylic acids is 9. The van der Waals surface area contributed by atoms with Crippen molar-refractivity contribution in [2.24, 2.45) is 17.3 Å². The van der Waals surface area contributed by atoms with Crippen LogP contribution in [0.3, 0.4) is 0 Å². The number of piperidine rings is 1. The summed E-state index contributed by atoms with van der Waals surface area (Å²) in [5.41, 5.74) is 2.54. The van der Waals surface area contributed by atoms with Crippen molar-refractivity contribution in [2.75, 3.05) is 171 Å². The van der Waals surface area contributed by atoms with Crippen LogP contribution in [0.25, 0.3) is 22.3 Å². The first-order valence-corrected chi connectivity index (χ1v) is 38.3. The van der Waals surface area contributed by atoms with Crippen LogP contribution in [0.1, 0.15) is 98.1 Å². The number of pyridine rings is 2. The number of likely N-dealkylation sites (tertiary alicyclic amines) is 1. The Kier molecular flexibility index (Phi) is 32.8. The number of benzene rings is 2. The van der Waals surface area contributed by atoms with E-state index >= 15 is 4.39 Å². The highest BCUT2D eigenvalue weighted by molar-refractivity contribution is 6.13. The van der Waals surface area contributed by atoms with Gasteiger partial charge in [0, 0.05) is 66.7 Å². The molecule has 2 aliphatic carbocycles. The summed E-state index contributed by atoms with van der Waals surface area (Å²) in [4.78, 5) is 136. The second-order valence-electron chi connectivity index (χ2n) is 28.5. The fourth-order valence-electron chi connectivity index (χ4n) is 14.5. The monoisotopic (exact) mass is 1550 g/mol. The molecular weight excluding hydrogens is 1450 g/mol. The van der Waals surface area contributed by atoms with E-state index in [9.17, 15) is 53.1 Å². The van der Waals surface area contributed by atoms with Gasteiger partial charge in [0.2, 0.25) is 35.4 Å². The number of amides is 8. The van der Waals surface area contributed by atoms with Crippen molar-refractivity contribution in [2.45, 2.75) is 115 Å². The average molecular weight is 1550 g/mol. The quantitative estimate of drug-likeness (QED) is 0.0125. The maximum atomic E-state index is 15.1. The zero-order valence-corrected chi connectivity index (χ0v) is 63.3. The topological polar surface area (TPSA) is 389 Å². The van der Waals surface area contributed by atoms with Crippen LogP contribution in [0.15, 0.2) is 65.5 Å². The third-order valence-electron chi connectivity index (χ3n) is 20.9. The number of rotatable bonds is 48. The Morgan fingerprint density at radius 2 is 1.22 bits per heavy atom. The molecule has 0 radical (unpaired) electrons. The van der Waals surface area contributed by atoms with Gasteiger partial charge in [-0.25, -0.2) is 14.2 Å². The summed E-state index contributed by atoms with van der Waals surface area (Å²) >= 11 is 0. The fourth-order valence-corrected chi connectivity index (χ4v) is 14.5. The highest BCUT2D eigenvalue weighted by Gasteiger charge is 2.48. The van der Waals surface area contributed by atoms with Gasteiger partial charge in [0.15, 0.2) is 5.60 Å². The van der Waals surface area contributed by atoms with Crippen molar-refractivity contribution in [1.29, 1.82) is 0 Å². The van der Waals surface area contributed by atoms with E-state index in [0.29, 0.717) is 141 Å². The molecule has 33 heteroatoms. The van der Waals surface area contributed by atoms with Gasteiger partial charge in [-0.05, 0) is 118 Å². The van der Waals surface area contributed by atoms with Gasteiger partial charge < -0.3 is 93.7 Å². The maximum Gasteiger partial charge on any atom is 0.343 e. The molecule has 2 aromatic carbocycles. The number of imide groups is 1. The van der Waals surface area contributed by atoms with Gasteiger partial charge in [0.05, 0.1) is 167 Å². The lowest BCUT2D eigenvalue weighted by molar-refractivity contribution is -0.172. The zero-order chi connectivity index (χ0) is 78.5. The van der Waals surface area contributed by atoms with Crippen LogP contribution in [0.5, 0.6) is 0 Å². The number of hydrogen-bond acceptors (Lipinski definition) is 24. The molecule has 111 heavy (non-hydrogen) atoms. The van der Waals surface area contributed by atoms with E-state index in [0.717, 1.165) is 86.5 Å². The SMILES string of the molecule is CCC1(O)C(=O)OCc2c1cc1n(c2=O)Cc2c-1nc1cc(F)c(C)cc1c2CN1CCC2(CC1)CC(OCNC(=O)CNC(=O)[C@H](Cc1ccccc1)NC(=O)CNC(=O)CNC(=O)COCCOCCOCCOCCOCCOCCOCCOCCOCCNC(=O)C1CCC(CN3C(=O)C=CC3=O)CC1)C2. The van der Waals surface area contributed by atoms with Crippen molar-refractivity contribution in [3.05, 3.63) is 110 Å². The van der Waals surface area contributed by atoms with Crippen molar-refractivity contribution in [3.8, 4) is 11.4 Å². The first-order valence-electron chi connectivity index (χ1n) is 38.3. The van der Waals surface area contributed by atoms with E-state index in [1.807, 2.05) is 6.07 Å². The van der Waals surface area contributed by atoms with E-state index in [4.69, 9.17) is 57.1 Å². The van der Waals surface area contributed by atoms with E-state index in [2.05, 4.69) is 36.8 Å². The smallest absolute Gasteiger partial charge is 0.343 e. The second kappa shape index (κ2) is 42.9. The number of aliphatic hydroxyl groups is 1. The normalized spacial score (nSPS) is 18.8. The molecule has 4 aromatic rings. The number of fused-ring (bicyclic) bond motifs is 5. The number of nitrogens with one attached hydrogen (secondary N) is 6. The molecule has 6 heterocycles. The number of carbonyl (C=O) groups is 9. The molecule has 606 valence electrons. The molecule has 2 atom stereocenters. The Morgan fingerprint density at radius 3 is 1.82 bits per heavy atom. The van der Waals surface area contributed by atoms with Gasteiger partial charge >= 0.3 is 5.97 Å². The van der Waals surface area contributed by atoms with Crippen LogP contribution in [0, 0.1) is 30.0 Å². The number of cyclic esters (lactones) is 1. The first kappa shape index (κ1) is 84.9. The molecular formula is C78H105FN10O22. The summed E-state index contributed by atoms with van der Waals surface area (Å²) in [6.45, 7) is 10.6. The van der Waals surface area contributed by atoms with Crippen molar-refractivity contribution in [3.63, 3.8) is 0 Å². The highest BCUT2D eigenvalue weighted by atomic mass is 19.1. The lowest BCUT2D eigenvalue weighted by Crippen LogP contribution is -2.52. The third kappa shape index (κ3) is 24.7. The van der Waals surface area contributed by atoms with Crippen LogP contribution in [0.4, 0.5) is 4.39 Å². The molecule has 7 N–H and O–H groups in total. The highest BCUT2D eigenvalue weighted by Crippen LogP contribution is 2.51. The summed E-state index contributed by atoms with van der Waals surface area (Å²) in [6.07, 6.45) is 9.07. The molecule has 2 saturated carbocycles. The minimum atomic E-state index is -1.98.